The number of aliphatic hydroxyl groups is 1. The molecule has 3 aromatic rings. The number of carbonyl (C=O) groups is 2. The van der Waals surface area contributed by atoms with Gasteiger partial charge in [0, 0.05) is 17.3 Å². The smallest absolute Gasteiger partial charge is 0.508 e. The minimum Gasteiger partial charge on any atom is -0.508 e. The highest BCUT2D eigenvalue weighted by Gasteiger charge is 2.47. The number of halogens is 3. The largest absolute Gasteiger partial charge is 0.573 e. The van der Waals surface area contributed by atoms with Gasteiger partial charge in [-0.25, -0.2) is 0 Å². The Hall–Kier alpha value is -4.67. The number of ether oxygens (including phenoxy) is 3. The fourth-order valence-corrected chi connectivity index (χ4v) is 4.25. The van der Waals surface area contributed by atoms with Crippen molar-refractivity contribution < 1.29 is 47.2 Å². The van der Waals surface area contributed by atoms with E-state index in [-0.39, 0.29) is 29.2 Å². The van der Waals surface area contributed by atoms with Gasteiger partial charge in [0.2, 0.25) is 0 Å². The van der Waals surface area contributed by atoms with E-state index in [2.05, 4.69) is 4.74 Å². The summed E-state index contributed by atoms with van der Waals surface area (Å²) >= 11 is 0. The summed E-state index contributed by atoms with van der Waals surface area (Å²) in [5, 5.41) is 21.0. The summed E-state index contributed by atoms with van der Waals surface area (Å²) in [7, 11) is 0. The molecule has 0 bridgehead atoms. The van der Waals surface area contributed by atoms with Gasteiger partial charge in [-0.15, -0.1) is 13.2 Å². The number of fused-ring (bicyclic) bond motifs is 1. The third-order valence-electron chi connectivity index (χ3n) is 5.80. The summed E-state index contributed by atoms with van der Waals surface area (Å²) in [6, 6.07) is 13.4. The third-order valence-corrected chi connectivity index (χ3v) is 5.80. The van der Waals surface area contributed by atoms with Crippen molar-refractivity contribution >= 4 is 23.1 Å². The van der Waals surface area contributed by atoms with Gasteiger partial charge < -0.3 is 24.4 Å². The Morgan fingerprint density at radius 1 is 0.946 bits per heavy atom. The van der Waals surface area contributed by atoms with Crippen molar-refractivity contribution in [3.05, 3.63) is 83.4 Å². The molecular weight excluding hydrogens is 495 g/mol. The molecular formula is C26H18F3NO7. The number of rotatable bonds is 4. The molecule has 0 spiro atoms. The van der Waals surface area contributed by atoms with Crippen LogP contribution in [-0.2, 0) is 9.59 Å². The Bertz CT molecular complexity index is 1420. The Kier molecular flexibility index (Phi) is 5.90. The van der Waals surface area contributed by atoms with E-state index in [0.29, 0.717) is 23.7 Å². The fraction of sp³-hybridized carbons (Fsp3) is 0.154. The zero-order chi connectivity index (χ0) is 26.3. The Morgan fingerprint density at radius 3 is 2.35 bits per heavy atom. The molecule has 190 valence electrons. The number of anilines is 1. The highest BCUT2D eigenvalue weighted by molar-refractivity contribution is 6.51. The molecule has 2 aliphatic heterocycles. The second-order valence-electron chi connectivity index (χ2n) is 8.16. The molecule has 2 heterocycles. The second kappa shape index (κ2) is 9.08. The predicted octanol–water partition coefficient (Wildman–Crippen LogP) is 4.69. The molecule has 8 nitrogen and oxygen atoms in total. The van der Waals surface area contributed by atoms with E-state index in [1.165, 1.54) is 48.5 Å². The first-order valence-electron chi connectivity index (χ1n) is 11.0. The molecule has 3 aromatic carbocycles. The molecule has 0 saturated carbocycles. The summed E-state index contributed by atoms with van der Waals surface area (Å²) in [6.45, 7) is 0.632. The summed E-state index contributed by atoms with van der Waals surface area (Å²) in [6.07, 6.45) is -4.97. The first-order valence-corrected chi connectivity index (χ1v) is 11.0. The normalized spacial score (nSPS) is 18.7. The molecule has 0 aliphatic carbocycles. The number of Topliss-reactive ketones (excluding diaryl/α,β-unsaturated/α-hetero) is 1. The molecule has 2 N–H and O–H groups in total. The number of alkyl halides is 3. The maximum Gasteiger partial charge on any atom is 0.573 e. The monoisotopic (exact) mass is 513 g/mol. The van der Waals surface area contributed by atoms with Gasteiger partial charge in [0.05, 0.1) is 11.6 Å². The number of phenolic OH excluding ortho intramolecular Hbond substituents is 1. The quantitative estimate of drug-likeness (QED) is 0.296. The van der Waals surface area contributed by atoms with Crippen LogP contribution >= 0.6 is 0 Å². The van der Waals surface area contributed by atoms with Gasteiger partial charge >= 0.3 is 6.36 Å². The average Bonchev–Trinajstić information content (AvgIpc) is 3.13. The number of phenols is 1. The van der Waals surface area contributed by atoms with E-state index < -0.39 is 35.6 Å². The van der Waals surface area contributed by atoms with E-state index in [0.717, 1.165) is 17.0 Å². The van der Waals surface area contributed by atoms with Gasteiger partial charge in [-0.05, 0) is 48.0 Å². The number of carbonyl (C=O) groups excluding carboxylic acids is 2. The van der Waals surface area contributed by atoms with Crippen molar-refractivity contribution in [1.29, 1.82) is 0 Å². The van der Waals surface area contributed by atoms with E-state index >= 15 is 0 Å². The van der Waals surface area contributed by atoms with Gasteiger partial charge in [-0.2, -0.15) is 0 Å². The van der Waals surface area contributed by atoms with Crippen LogP contribution in [-0.4, -0.2) is 41.5 Å². The van der Waals surface area contributed by atoms with Crippen LogP contribution < -0.4 is 19.1 Å². The zero-order valence-corrected chi connectivity index (χ0v) is 18.9. The van der Waals surface area contributed by atoms with Crippen molar-refractivity contribution in [3.63, 3.8) is 0 Å². The van der Waals surface area contributed by atoms with Crippen LogP contribution in [0, 0.1) is 0 Å². The molecule has 1 amide bonds. The van der Waals surface area contributed by atoms with E-state index in [1.807, 2.05) is 0 Å². The standard InChI is InChI=1S/C26H18F3NO7/c27-26(28,29)37-18-3-1-2-16(13-18)30-22(14-4-7-17(31)8-5-14)21(24(33)25(30)34)23(32)15-6-9-19-20(12-15)36-11-10-35-19/h1-9,12-13,22,31-32H,10-11H2/b23-21-. The molecule has 2 aliphatic rings. The van der Waals surface area contributed by atoms with Crippen LogP contribution in [0.2, 0.25) is 0 Å². The molecule has 37 heavy (non-hydrogen) atoms. The lowest BCUT2D eigenvalue weighted by Crippen LogP contribution is -2.29. The number of aliphatic hydroxyl groups excluding tert-OH is 1. The maximum atomic E-state index is 13.2. The minimum atomic E-state index is -4.97. The first kappa shape index (κ1) is 24.0. The summed E-state index contributed by atoms with van der Waals surface area (Å²) in [5.74, 6) is -2.54. The van der Waals surface area contributed by atoms with Crippen LogP contribution in [0.3, 0.4) is 0 Å². The molecule has 1 atom stereocenters. The van der Waals surface area contributed by atoms with Gasteiger partial charge in [-0.1, -0.05) is 18.2 Å². The molecule has 0 aromatic heterocycles. The fourth-order valence-electron chi connectivity index (χ4n) is 4.25. The highest BCUT2D eigenvalue weighted by Crippen LogP contribution is 2.44. The van der Waals surface area contributed by atoms with Crippen molar-refractivity contribution in [3.8, 4) is 23.0 Å². The van der Waals surface area contributed by atoms with Crippen molar-refractivity contribution in [2.45, 2.75) is 12.4 Å². The van der Waals surface area contributed by atoms with Crippen molar-refractivity contribution in [2.75, 3.05) is 18.1 Å². The zero-order valence-electron chi connectivity index (χ0n) is 18.9. The number of hydrogen-bond donors (Lipinski definition) is 2. The maximum absolute atomic E-state index is 13.2. The van der Waals surface area contributed by atoms with Gasteiger partial charge in [-0.3, -0.25) is 14.5 Å². The van der Waals surface area contributed by atoms with E-state index in [4.69, 9.17) is 9.47 Å². The van der Waals surface area contributed by atoms with E-state index in [9.17, 15) is 33.0 Å². The number of hydrogen-bond acceptors (Lipinski definition) is 7. The lowest BCUT2D eigenvalue weighted by molar-refractivity contribution is -0.274. The number of amides is 1. The van der Waals surface area contributed by atoms with Crippen molar-refractivity contribution in [1.82, 2.24) is 0 Å². The third kappa shape index (κ3) is 4.63. The molecule has 11 heteroatoms. The molecule has 1 unspecified atom stereocenters. The van der Waals surface area contributed by atoms with Crippen LogP contribution in [0.25, 0.3) is 5.76 Å². The molecule has 5 rings (SSSR count). The Morgan fingerprint density at radius 2 is 1.65 bits per heavy atom. The lowest BCUT2D eigenvalue weighted by atomic mass is 9.95. The first-order chi connectivity index (χ1) is 17.6. The number of benzene rings is 3. The van der Waals surface area contributed by atoms with Gasteiger partial charge in [0.1, 0.15) is 30.5 Å². The number of nitrogens with zero attached hydrogens (tertiary/aromatic N) is 1. The molecule has 0 radical (unpaired) electrons. The SMILES string of the molecule is O=C1C(=O)N(c2cccc(OC(F)(F)F)c2)C(c2ccc(O)cc2)/C1=C(/O)c1ccc2c(c1)OCCO2. The van der Waals surface area contributed by atoms with Gasteiger partial charge in [0.15, 0.2) is 11.5 Å². The van der Waals surface area contributed by atoms with Crippen LogP contribution in [0.5, 0.6) is 23.0 Å². The van der Waals surface area contributed by atoms with Gasteiger partial charge in [0.25, 0.3) is 11.7 Å². The summed E-state index contributed by atoms with van der Waals surface area (Å²) in [4.78, 5) is 27.4. The minimum absolute atomic E-state index is 0.0665. The lowest BCUT2D eigenvalue weighted by Gasteiger charge is -2.26. The van der Waals surface area contributed by atoms with Crippen LogP contribution in [0.15, 0.2) is 72.3 Å². The number of ketones is 1. The predicted molar refractivity (Wildman–Crippen MR) is 123 cm³/mol. The second-order valence-corrected chi connectivity index (χ2v) is 8.16. The Labute approximate surface area is 207 Å². The molecule has 1 fully saturated rings. The van der Waals surface area contributed by atoms with E-state index in [1.54, 1.807) is 6.07 Å². The van der Waals surface area contributed by atoms with Crippen LogP contribution in [0.1, 0.15) is 17.2 Å². The van der Waals surface area contributed by atoms with Crippen LogP contribution in [0.4, 0.5) is 18.9 Å². The number of aromatic hydroxyl groups is 1. The highest BCUT2D eigenvalue weighted by atomic mass is 19.4. The Balaban J connectivity index is 1.66. The summed E-state index contributed by atoms with van der Waals surface area (Å²) < 4.78 is 53.4. The average molecular weight is 513 g/mol. The van der Waals surface area contributed by atoms with Crippen molar-refractivity contribution in [2.24, 2.45) is 0 Å². The summed E-state index contributed by atoms with van der Waals surface area (Å²) in [5.41, 5.74) is 0.121. The topological polar surface area (TPSA) is 106 Å². The molecule has 1 saturated heterocycles.